The number of ketones is 1. The molecule has 78 valence electrons. The zero-order valence-electron chi connectivity index (χ0n) is 8.47. The quantitative estimate of drug-likeness (QED) is 0.757. The number of nitrogens with zero attached hydrogens (tertiary/aromatic N) is 3. The molecule has 0 spiro atoms. The fourth-order valence-corrected chi connectivity index (χ4v) is 1.44. The van der Waals surface area contributed by atoms with Gasteiger partial charge in [0.25, 0.3) is 0 Å². The van der Waals surface area contributed by atoms with Crippen molar-refractivity contribution in [1.29, 1.82) is 0 Å². The van der Waals surface area contributed by atoms with E-state index in [1.54, 1.807) is 18.6 Å². The molecule has 15 heavy (non-hydrogen) atoms. The zero-order valence-corrected chi connectivity index (χ0v) is 8.47. The maximum Gasteiger partial charge on any atom is 0.205 e. The van der Waals surface area contributed by atoms with E-state index in [9.17, 15) is 4.79 Å². The lowest BCUT2D eigenvalue weighted by molar-refractivity contribution is 0.0981. The van der Waals surface area contributed by atoms with Crippen molar-refractivity contribution in [2.75, 3.05) is 0 Å². The number of carbonyl (C=O) groups is 1. The first-order valence-electron chi connectivity index (χ1n) is 4.84. The summed E-state index contributed by atoms with van der Waals surface area (Å²) in [4.78, 5) is 22.5. The van der Waals surface area contributed by atoms with Crippen molar-refractivity contribution in [2.45, 2.75) is 19.9 Å². The number of Topliss-reactive ketones (excluding diaryl/α,β-unsaturated/α-hetero) is 1. The lowest BCUT2D eigenvalue weighted by Crippen LogP contribution is -2.10. The van der Waals surface area contributed by atoms with Crippen LogP contribution in [0.3, 0.4) is 0 Å². The Morgan fingerprint density at radius 3 is 3.00 bits per heavy atom. The predicted octanol–water partition coefficient (Wildman–Crippen LogP) is 1.05. The lowest BCUT2D eigenvalue weighted by Gasteiger charge is -2.02. The van der Waals surface area contributed by atoms with Crippen LogP contribution in [-0.4, -0.2) is 25.3 Å². The fourth-order valence-electron chi connectivity index (χ4n) is 1.44. The summed E-state index contributed by atoms with van der Waals surface area (Å²) in [5.41, 5.74) is 0. The van der Waals surface area contributed by atoms with Gasteiger partial charge >= 0.3 is 0 Å². The third-order valence-corrected chi connectivity index (χ3v) is 2.22. The molecule has 0 aromatic carbocycles. The first kappa shape index (κ1) is 9.64. The van der Waals surface area contributed by atoms with E-state index in [0.717, 1.165) is 12.4 Å². The summed E-state index contributed by atoms with van der Waals surface area (Å²) in [7, 11) is 0. The van der Waals surface area contributed by atoms with Crippen LogP contribution in [0.4, 0.5) is 0 Å². The van der Waals surface area contributed by atoms with Crippen LogP contribution in [0.15, 0.2) is 24.8 Å². The number of rotatable bonds is 4. The summed E-state index contributed by atoms with van der Waals surface area (Å²) < 4.78 is 1.95. The van der Waals surface area contributed by atoms with Gasteiger partial charge in [-0.3, -0.25) is 4.79 Å². The van der Waals surface area contributed by atoms with E-state index in [1.807, 2.05) is 17.7 Å². The van der Waals surface area contributed by atoms with E-state index in [0.29, 0.717) is 5.82 Å². The van der Waals surface area contributed by atoms with Gasteiger partial charge in [-0.05, 0) is 6.92 Å². The molecule has 5 heteroatoms. The Balaban J connectivity index is 2.13. The zero-order chi connectivity index (χ0) is 10.7. The molecule has 0 fully saturated rings. The second-order valence-electron chi connectivity index (χ2n) is 3.17. The van der Waals surface area contributed by atoms with Crippen LogP contribution in [0.2, 0.25) is 0 Å². The van der Waals surface area contributed by atoms with Gasteiger partial charge in [0.1, 0.15) is 5.82 Å². The van der Waals surface area contributed by atoms with E-state index < -0.39 is 0 Å². The van der Waals surface area contributed by atoms with Crippen molar-refractivity contribution in [1.82, 2.24) is 19.5 Å². The van der Waals surface area contributed by atoms with E-state index in [-0.39, 0.29) is 12.2 Å². The minimum atomic E-state index is -0.0408. The van der Waals surface area contributed by atoms with Gasteiger partial charge in [-0.25, -0.2) is 9.97 Å². The van der Waals surface area contributed by atoms with E-state index in [1.165, 1.54) is 0 Å². The number of hydrogen-bond acceptors (Lipinski definition) is 3. The smallest absolute Gasteiger partial charge is 0.205 e. The van der Waals surface area contributed by atoms with Gasteiger partial charge in [-0.1, -0.05) is 0 Å². The minimum Gasteiger partial charge on any atom is -0.342 e. The van der Waals surface area contributed by atoms with Crippen molar-refractivity contribution in [2.24, 2.45) is 0 Å². The van der Waals surface area contributed by atoms with Gasteiger partial charge in [-0.2, -0.15) is 0 Å². The number of hydrogen-bond donors (Lipinski definition) is 1. The summed E-state index contributed by atoms with van der Waals surface area (Å²) in [6.45, 7) is 2.84. The number of aromatic nitrogens is 4. The molecular weight excluding hydrogens is 192 g/mol. The number of imidazole rings is 2. The van der Waals surface area contributed by atoms with Crippen LogP contribution < -0.4 is 0 Å². The average Bonchev–Trinajstić information content (AvgIpc) is 2.87. The molecule has 1 N–H and O–H groups in total. The monoisotopic (exact) mass is 204 g/mol. The molecule has 0 saturated heterocycles. The SMILES string of the molecule is CCn1ccnc1CC(=O)c1ncc[nH]1. The number of nitrogens with one attached hydrogen (secondary N) is 1. The van der Waals surface area contributed by atoms with Crippen molar-refractivity contribution in [3.05, 3.63) is 36.4 Å². The molecule has 0 bridgehead atoms. The molecule has 2 aromatic rings. The highest BCUT2D eigenvalue weighted by Crippen LogP contribution is 2.02. The summed E-state index contributed by atoms with van der Waals surface area (Å²) in [6.07, 6.45) is 7.06. The van der Waals surface area contributed by atoms with Gasteiger partial charge in [0, 0.05) is 31.3 Å². The Bertz CT molecular complexity index is 444. The summed E-state index contributed by atoms with van der Waals surface area (Å²) in [5.74, 6) is 1.13. The van der Waals surface area contributed by atoms with Crippen molar-refractivity contribution in [3.63, 3.8) is 0 Å². The Kier molecular flexibility index (Phi) is 2.62. The molecule has 0 atom stereocenters. The Labute approximate surface area is 87.2 Å². The molecular formula is C10H12N4O. The minimum absolute atomic E-state index is 0.0408. The molecule has 0 radical (unpaired) electrons. The molecule has 0 aliphatic carbocycles. The molecule has 0 saturated carbocycles. The van der Waals surface area contributed by atoms with Crippen LogP contribution in [0.25, 0.3) is 0 Å². The lowest BCUT2D eigenvalue weighted by atomic mass is 10.2. The van der Waals surface area contributed by atoms with Gasteiger partial charge in [0.2, 0.25) is 5.78 Å². The van der Waals surface area contributed by atoms with Gasteiger partial charge in [-0.15, -0.1) is 0 Å². The molecule has 0 amide bonds. The van der Waals surface area contributed by atoms with E-state index in [2.05, 4.69) is 15.0 Å². The van der Waals surface area contributed by atoms with Crippen LogP contribution >= 0.6 is 0 Å². The van der Waals surface area contributed by atoms with Crippen LogP contribution in [0.5, 0.6) is 0 Å². The van der Waals surface area contributed by atoms with Crippen LogP contribution in [0, 0.1) is 0 Å². The van der Waals surface area contributed by atoms with E-state index >= 15 is 0 Å². The van der Waals surface area contributed by atoms with Crippen molar-refractivity contribution < 1.29 is 4.79 Å². The fraction of sp³-hybridized carbons (Fsp3) is 0.300. The first-order chi connectivity index (χ1) is 7.31. The van der Waals surface area contributed by atoms with Crippen molar-refractivity contribution in [3.8, 4) is 0 Å². The molecule has 5 nitrogen and oxygen atoms in total. The summed E-state index contributed by atoms with van der Waals surface area (Å²) in [5, 5.41) is 0. The number of aromatic amines is 1. The Morgan fingerprint density at radius 1 is 1.47 bits per heavy atom. The largest absolute Gasteiger partial charge is 0.342 e. The van der Waals surface area contributed by atoms with Gasteiger partial charge in [0.15, 0.2) is 5.82 Å². The van der Waals surface area contributed by atoms with Crippen LogP contribution in [-0.2, 0) is 13.0 Å². The predicted molar refractivity (Wildman–Crippen MR) is 54.5 cm³/mol. The molecule has 2 aromatic heterocycles. The number of aryl methyl sites for hydroxylation is 1. The molecule has 2 rings (SSSR count). The third kappa shape index (κ3) is 1.96. The molecule has 2 heterocycles. The van der Waals surface area contributed by atoms with Gasteiger partial charge in [0.05, 0.1) is 6.42 Å². The second kappa shape index (κ2) is 4.08. The maximum atomic E-state index is 11.7. The summed E-state index contributed by atoms with van der Waals surface area (Å²) in [6, 6.07) is 0. The maximum absolute atomic E-state index is 11.7. The second-order valence-corrected chi connectivity index (χ2v) is 3.17. The highest BCUT2D eigenvalue weighted by molar-refractivity contribution is 5.93. The molecule has 0 aliphatic rings. The van der Waals surface area contributed by atoms with Gasteiger partial charge < -0.3 is 9.55 Å². The molecule has 0 aliphatic heterocycles. The van der Waals surface area contributed by atoms with Crippen LogP contribution in [0.1, 0.15) is 23.4 Å². The molecule has 0 unspecified atom stereocenters. The standard InChI is InChI=1S/C10H12N4O/c1-2-14-6-5-11-9(14)7-8(15)10-12-3-4-13-10/h3-6H,2,7H2,1H3,(H,12,13). The highest BCUT2D eigenvalue weighted by atomic mass is 16.1. The average molecular weight is 204 g/mol. The first-order valence-corrected chi connectivity index (χ1v) is 4.84. The summed E-state index contributed by atoms with van der Waals surface area (Å²) >= 11 is 0. The third-order valence-electron chi connectivity index (χ3n) is 2.22. The number of H-pyrrole nitrogens is 1. The van der Waals surface area contributed by atoms with E-state index in [4.69, 9.17) is 0 Å². The topological polar surface area (TPSA) is 63.6 Å². The Morgan fingerprint density at radius 2 is 2.33 bits per heavy atom. The highest BCUT2D eigenvalue weighted by Gasteiger charge is 2.12. The van der Waals surface area contributed by atoms with Crippen molar-refractivity contribution >= 4 is 5.78 Å². The number of carbonyl (C=O) groups excluding carboxylic acids is 1. The normalized spacial score (nSPS) is 10.5. The Hall–Kier alpha value is -1.91.